The first-order valence-corrected chi connectivity index (χ1v) is 9.30. The Labute approximate surface area is 165 Å². The van der Waals surface area contributed by atoms with Crippen molar-refractivity contribution in [1.82, 2.24) is 15.3 Å². The molecule has 1 heterocycles. The Morgan fingerprint density at radius 3 is 2.36 bits per heavy atom. The largest absolute Gasteiger partial charge is 0.378 e. The number of hydrogen-bond donors (Lipinski definition) is 2. The van der Waals surface area contributed by atoms with E-state index in [1.807, 2.05) is 61.5 Å². The van der Waals surface area contributed by atoms with Crippen molar-refractivity contribution in [2.45, 2.75) is 12.8 Å². The van der Waals surface area contributed by atoms with E-state index in [4.69, 9.17) is 0 Å². The lowest BCUT2D eigenvalue weighted by atomic mass is 10.1. The number of hydrogen-bond acceptors (Lipinski definition) is 5. The highest BCUT2D eigenvalue weighted by Crippen LogP contribution is 2.18. The zero-order chi connectivity index (χ0) is 19.8. The molecular formula is C22H25N5O. The van der Waals surface area contributed by atoms with Crippen LogP contribution in [0.1, 0.15) is 22.5 Å². The lowest BCUT2D eigenvalue weighted by molar-refractivity contribution is 0.0948. The number of benzene rings is 2. The van der Waals surface area contributed by atoms with Gasteiger partial charge in [0.05, 0.1) is 12.4 Å². The number of nitrogens with zero attached hydrogens (tertiary/aromatic N) is 3. The van der Waals surface area contributed by atoms with Crippen LogP contribution in [0.25, 0.3) is 0 Å². The summed E-state index contributed by atoms with van der Waals surface area (Å²) in [4.78, 5) is 22.7. The topological polar surface area (TPSA) is 70.2 Å². The van der Waals surface area contributed by atoms with Crippen molar-refractivity contribution in [2.24, 2.45) is 0 Å². The molecule has 3 rings (SSSR count). The molecule has 3 aromatic rings. The van der Waals surface area contributed by atoms with Crippen LogP contribution in [-0.4, -0.2) is 36.5 Å². The number of carbonyl (C=O) groups excluding carboxylic acids is 1. The molecule has 0 aliphatic rings. The highest BCUT2D eigenvalue weighted by Gasteiger charge is 2.07. The van der Waals surface area contributed by atoms with E-state index in [0.717, 1.165) is 24.2 Å². The van der Waals surface area contributed by atoms with Crippen LogP contribution in [0.15, 0.2) is 67.0 Å². The van der Waals surface area contributed by atoms with Gasteiger partial charge < -0.3 is 15.5 Å². The quantitative estimate of drug-likeness (QED) is 0.588. The van der Waals surface area contributed by atoms with Crippen molar-refractivity contribution in [3.8, 4) is 0 Å². The number of rotatable bonds is 8. The second kappa shape index (κ2) is 9.50. The van der Waals surface area contributed by atoms with Crippen LogP contribution in [0.4, 0.5) is 17.2 Å². The molecule has 0 atom stereocenters. The smallest absolute Gasteiger partial charge is 0.271 e. The first-order valence-electron chi connectivity index (χ1n) is 9.30. The fourth-order valence-corrected chi connectivity index (χ4v) is 2.73. The van der Waals surface area contributed by atoms with Crippen LogP contribution < -0.4 is 15.5 Å². The Morgan fingerprint density at radius 1 is 0.964 bits per heavy atom. The molecule has 0 radical (unpaired) electrons. The monoisotopic (exact) mass is 375 g/mol. The van der Waals surface area contributed by atoms with Gasteiger partial charge in [-0.2, -0.15) is 0 Å². The summed E-state index contributed by atoms with van der Waals surface area (Å²) in [6, 6.07) is 18.2. The van der Waals surface area contributed by atoms with Gasteiger partial charge >= 0.3 is 0 Å². The SMILES string of the molecule is CN(C)c1ccc(Nc2cnc(C(=O)NCCCc3ccccc3)cn2)cc1. The van der Waals surface area contributed by atoms with Crippen molar-refractivity contribution in [3.05, 3.63) is 78.2 Å². The fraction of sp³-hybridized carbons (Fsp3) is 0.227. The first-order chi connectivity index (χ1) is 13.6. The maximum Gasteiger partial charge on any atom is 0.271 e. The van der Waals surface area contributed by atoms with Crippen LogP contribution in [0.3, 0.4) is 0 Å². The van der Waals surface area contributed by atoms with Gasteiger partial charge in [0.15, 0.2) is 0 Å². The fourth-order valence-electron chi connectivity index (χ4n) is 2.73. The Kier molecular flexibility index (Phi) is 6.57. The zero-order valence-electron chi connectivity index (χ0n) is 16.2. The number of anilines is 3. The van der Waals surface area contributed by atoms with E-state index < -0.39 is 0 Å². The average molecular weight is 375 g/mol. The van der Waals surface area contributed by atoms with E-state index in [9.17, 15) is 4.79 Å². The molecule has 28 heavy (non-hydrogen) atoms. The molecule has 0 spiro atoms. The van der Waals surface area contributed by atoms with Crippen LogP contribution in [0.2, 0.25) is 0 Å². The second-order valence-electron chi connectivity index (χ2n) is 6.70. The normalized spacial score (nSPS) is 10.4. The highest BCUT2D eigenvalue weighted by molar-refractivity contribution is 5.92. The summed E-state index contributed by atoms with van der Waals surface area (Å²) < 4.78 is 0. The Morgan fingerprint density at radius 2 is 1.71 bits per heavy atom. The molecular weight excluding hydrogens is 350 g/mol. The van der Waals surface area contributed by atoms with E-state index >= 15 is 0 Å². The molecule has 1 aromatic heterocycles. The van der Waals surface area contributed by atoms with Crippen molar-refractivity contribution in [2.75, 3.05) is 30.9 Å². The van der Waals surface area contributed by atoms with Gasteiger partial charge in [0.2, 0.25) is 0 Å². The molecule has 1 amide bonds. The van der Waals surface area contributed by atoms with Crippen LogP contribution in [0.5, 0.6) is 0 Å². The van der Waals surface area contributed by atoms with Crippen LogP contribution >= 0.6 is 0 Å². The second-order valence-corrected chi connectivity index (χ2v) is 6.70. The Balaban J connectivity index is 1.47. The van der Waals surface area contributed by atoms with Crippen molar-refractivity contribution < 1.29 is 4.79 Å². The minimum absolute atomic E-state index is 0.206. The molecule has 6 heteroatoms. The van der Waals surface area contributed by atoms with Gasteiger partial charge in [-0.25, -0.2) is 9.97 Å². The van der Waals surface area contributed by atoms with Gasteiger partial charge in [-0.05, 0) is 42.7 Å². The number of aromatic nitrogens is 2. The number of carbonyl (C=O) groups is 1. The third-order valence-corrected chi connectivity index (χ3v) is 4.31. The molecule has 2 aromatic carbocycles. The van der Waals surface area contributed by atoms with Crippen molar-refractivity contribution in [3.63, 3.8) is 0 Å². The predicted octanol–water partition coefficient (Wildman–Crippen LogP) is 3.65. The van der Waals surface area contributed by atoms with E-state index in [0.29, 0.717) is 18.1 Å². The zero-order valence-corrected chi connectivity index (χ0v) is 16.2. The molecule has 0 unspecified atom stereocenters. The van der Waals surface area contributed by atoms with Crippen molar-refractivity contribution in [1.29, 1.82) is 0 Å². The first kappa shape index (κ1) is 19.4. The third-order valence-electron chi connectivity index (χ3n) is 4.31. The van der Waals surface area contributed by atoms with Gasteiger partial charge in [0, 0.05) is 32.0 Å². The third kappa shape index (κ3) is 5.54. The molecule has 0 bridgehead atoms. The molecule has 0 saturated carbocycles. The summed E-state index contributed by atoms with van der Waals surface area (Å²) in [5.41, 5.74) is 3.62. The molecule has 0 aliphatic carbocycles. The predicted molar refractivity (Wildman–Crippen MR) is 113 cm³/mol. The van der Waals surface area contributed by atoms with Gasteiger partial charge in [-0.3, -0.25) is 4.79 Å². The maximum absolute atomic E-state index is 12.2. The van der Waals surface area contributed by atoms with Crippen LogP contribution in [-0.2, 0) is 6.42 Å². The summed E-state index contributed by atoms with van der Waals surface area (Å²) >= 11 is 0. The average Bonchev–Trinajstić information content (AvgIpc) is 2.73. The standard InChI is InChI=1S/C22H25N5O/c1-27(2)19-12-10-18(11-13-19)26-21-16-24-20(15-25-21)22(28)23-14-6-9-17-7-4-3-5-8-17/h3-5,7-8,10-13,15-16H,6,9,14H2,1-2H3,(H,23,28)(H,25,26). The molecule has 0 fully saturated rings. The maximum atomic E-state index is 12.2. The van der Waals surface area contributed by atoms with Crippen LogP contribution in [0, 0.1) is 0 Å². The lowest BCUT2D eigenvalue weighted by Gasteiger charge is -2.13. The molecule has 144 valence electrons. The molecule has 2 N–H and O–H groups in total. The summed E-state index contributed by atoms with van der Waals surface area (Å²) in [5.74, 6) is 0.390. The van der Waals surface area contributed by atoms with E-state index in [2.05, 4.69) is 32.7 Å². The number of aryl methyl sites for hydroxylation is 1. The molecule has 6 nitrogen and oxygen atoms in total. The van der Waals surface area contributed by atoms with E-state index in [1.54, 1.807) is 6.20 Å². The van der Waals surface area contributed by atoms with E-state index in [-0.39, 0.29) is 5.91 Å². The summed E-state index contributed by atoms with van der Waals surface area (Å²) in [6.07, 6.45) is 4.87. The van der Waals surface area contributed by atoms with Gasteiger partial charge in [0.25, 0.3) is 5.91 Å². The highest BCUT2D eigenvalue weighted by atomic mass is 16.1. The minimum Gasteiger partial charge on any atom is -0.378 e. The van der Waals surface area contributed by atoms with Gasteiger partial charge in [0.1, 0.15) is 11.5 Å². The van der Waals surface area contributed by atoms with E-state index in [1.165, 1.54) is 11.8 Å². The molecule has 0 aliphatic heterocycles. The number of amides is 1. The lowest BCUT2D eigenvalue weighted by Crippen LogP contribution is -2.25. The summed E-state index contributed by atoms with van der Waals surface area (Å²) in [6.45, 7) is 0.605. The van der Waals surface area contributed by atoms with Gasteiger partial charge in [-0.1, -0.05) is 30.3 Å². The number of nitrogens with one attached hydrogen (secondary N) is 2. The molecule has 0 saturated heterocycles. The Bertz CT molecular complexity index is 877. The summed E-state index contributed by atoms with van der Waals surface area (Å²) in [7, 11) is 4.00. The minimum atomic E-state index is -0.206. The summed E-state index contributed by atoms with van der Waals surface area (Å²) in [5, 5.41) is 6.07. The Hall–Kier alpha value is -3.41. The van der Waals surface area contributed by atoms with Gasteiger partial charge in [-0.15, -0.1) is 0 Å². The van der Waals surface area contributed by atoms with Crippen molar-refractivity contribution >= 4 is 23.1 Å².